The van der Waals surface area contributed by atoms with E-state index >= 15 is 0 Å². The summed E-state index contributed by atoms with van der Waals surface area (Å²) in [5.41, 5.74) is 2.27. The van der Waals surface area contributed by atoms with Crippen molar-refractivity contribution in [2.24, 2.45) is 0 Å². The second-order valence-electron chi connectivity index (χ2n) is 7.12. The van der Waals surface area contributed by atoms with E-state index in [1.54, 1.807) is 4.90 Å². The van der Waals surface area contributed by atoms with Crippen molar-refractivity contribution < 1.29 is 23.0 Å². The Morgan fingerprint density at radius 1 is 1.14 bits per heavy atom. The van der Waals surface area contributed by atoms with E-state index in [4.69, 9.17) is 9.47 Å². The van der Waals surface area contributed by atoms with Crippen LogP contribution in [0.4, 0.5) is 13.6 Å². The first kappa shape index (κ1) is 18.5. The highest BCUT2D eigenvalue weighted by molar-refractivity contribution is 5.75. The van der Waals surface area contributed by atoms with Gasteiger partial charge in [0.1, 0.15) is 6.61 Å². The van der Waals surface area contributed by atoms with Crippen molar-refractivity contribution in [2.75, 3.05) is 7.11 Å². The molecule has 2 aliphatic heterocycles. The molecule has 0 aromatic heterocycles. The quantitative estimate of drug-likeness (QED) is 0.749. The Morgan fingerprint density at radius 2 is 1.86 bits per heavy atom. The molecule has 0 saturated carbocycles. The van der Waals surface area contributed by atoms with Gasteiger partial charge in [0.2, 0.25) is 0 Å². The van der Waals surface area contributed by atoms with E-state index in [0.29, 0.717) is 12.0 Å². The first-order valence-electron chi connectivity index (χ1n) is 9.30. The van der Waals surface area contributed by atoms with Gasteiger partial charge in [-0.1, -0.05) is 36.4 Å². The molecule has 0 aliphatic carbocycles. The van der Waals surface area contributed by atoms with Crippen LogP contribution >= 0.6 is 0 Å². The number of halogens is 2. The minimum absolute atomic E-state index is 0.0264. The maximum Gasteiger partial charge on any atom is 0.410 e. The molecule has 1 saturated heterocycles. The Labute approximate surface area is 162 Å². The van der Waals surface area contributed by atoms with E-state index in [1.165, 1.54) is 19.2 Å². The molecule has 2 unspecified atom stereocenters. The molecule has 0 spiro atoms. The van der Waals surface area contributed by atoms with Crippen molar-refractivity contribution >= 4 is 11.7 Å². The fourth-order valence-corrected chi connectivity index (χ4v) is 4.06. The average Bonchev–Trinajstić information content (AvgIpc) is 2.96. The van der Waals surface area contributed by atoms with E-state index < -0.39 is 11.6 Å². The van der Waals surface area contributed by atoms with Crippen molar-refractivity contribution in [2.45, 2.75) is 38.0 Å². The van der Waals surface area contributed by atoms with Crippen LogP contribution in [0, 0.1) is 11.6 Å². The zero-order chi connectivity index (χ0) is 19.7. The third kappa shape index (κ3) is 3.46. The number of carbonyl (C=O) groups excluding carboxylic acids is 1. The minimum atomic E-state index is -0.726. The molecule has 2 heterocycles. The van der Waals surface area contributed by atoms with E-state index in [0.717, 1.165) is 24.0 Å². The van der Waals surface area contributed by atoms with Gasteiger partial charge in [-0.15, -0.1) is 0 Å². The summed E-state index contributed by atoms with van der Waals surface area (Å²) < 4.78 is 38.4. The summed E-state index contributed by atoms with van der Waals surface area (Å²) >= 11 is 0. The summed E-state index contributed by atoms with van der Waals surface area (Å²) in [6, 6.07) is 11.9. The number of ether oxygens (including phenoxy) is 2. The van der Waals surface area contributed by atoms with Crippen LogP contribution in [0.15, 0.2) is 48.5 Å². The highest BCUT2D eigenvalue weighted by Crippen LogP contribution is 2.40. The van der Waals surface area contributed by atoms with Crippen molar-refractivity contribution in [1.29, 1.82) is 0 Å². The Bertz CT molecular complexity index is 890. The standard InChI is InChI=1S/C22H21F2NO3/c1-27-21-19(23)11-16(12-20(21)24)15-9-17-7-8-18(10-15)25(17)22(26)28-13-14-5-3-2-4-6-14/h2-6,9,11-12,17-18H,7-8,10,13H2,1H3. The summed E-state index contributed by atoms with van der Waals surface area (Å²) in [5, 5.41) is 0. The molecule has 2 aliphatic rings. The molecule has 2 atom stereocenters. The minimum Gasteiger partial charge on any atom is -0.491 e. The van der Waals surface area contributed by atoms with Crippen LogP contribution in [0.25, 0.3) is 5.57 Å². The normalized spacial score (nSPS) is 20.7. The maximum absolute atomic E-state index is 14.1. The molecule has 0 N–H and O–H groups in total. The van der Waals surface area contributed by atoms with Gasteiger partial charge in [-0.2, -0.15) is 0 Å². The molecule has 4 nitrogen and oxygen atoms in total. The second-order valence-corrected chi connectivity index (χ2v) is 7.12. The lowest BCUT2D eigenvalue weighted by atomic mass is 9.94. The molecular weight excluding hydrogens is 364 g/mol. The van der Waals surface area contributed by atoms with Gasteiger partial charge in [0.15, 0.2) is 17.4 Å². The molecular formula is C22H21F2NO3. The van der Waals surface area contributed by atoms with Crippen LogP contribution in [-0.2, 0) is 11.3 Å². The maximum atomic E-state index is 14.1. The number of rotatable bonds is 4. The summed E-state index contributed by atoms with van der Waals surface area (Å²) in [5.74, 6) is -1.83. The molecule has 0 radical (unpaired) electrons. The molecule has 4 rings (SSSR count). The van der Waals surface area contributed by atoms with Crippen LogP contribution in [0.1, 0.15) is 30.4 Å². The molecule has 28 heavy (non-hydrogen) atoms. The number of amides is 1. The summed E-state index contributed by atoms with van der Waals surface area (Å²) in [6.07, 6.45) is 3.77. The Balaban J connectivity index is 1.50. The third-order valence-electron chi connectivity index (χ3n) is 5.38. The van der Waals surface area contributed by atoms with Crippen LogP contribution in [0.3, 0.4) is 0 Å². The lowest BCUT2D eigenvalue weighted by Crippen LogP contribution is -2.43. The number of carbonyl (C=O) groups is 1. The van der Waals surface area contributed by atoms with Crippen LogP contribution in [0.5, 0.6) is 5.75 Å². The largest absolute Gasteiger partial charge is 0.491 e. The Hall–Kier alpha value is -2.89. The molecule has 2 bridgehead atoms. The molecule has 1 amide bonds. The van der Waals surface area contributed by atoms with Gasteiger partial charge in [0, 0.05) is 6.04 Å². The zero-order valence-corrected chi connectivity index (χ0v) is 15.5. The Morgan fingerprint density at radius 3 is 2.50 bits per heavy atom. The summed E-state index contributed by atoms with van der Waals surface area (Å²) in [7, 11) is 1.24. The van der Waals surface area contributed by atoms with Gasteiger partial charge in [-0.05, 0) is 48.1 Å². The van der Waals surface area contributed by atoms with E-state index in [-0.39, 0.29) is 30.5 Å². The number of methoxy groups -OCH3 is 1. The lowest BCUT2D eigenvalue weighted by molar-refractivity contribution is 0.0832. The van der Waals surface area contributed by atoms with E-state index in [1.807, 2.05) is 36.4 Å². The van der Waals surface area contributed by atoms with E-state index in [9.17, 15) is 13.6 Å². The molecule has 1 fully saturated rings. The Kier molecular flexibility index (Phi) is 5.03. The number of nitrogens with zero attached hydrogens (tertiary/aromatic N) is 1. The predicted octanol–water partition coefficient (Wildman–Crippen LogP) is 4.93. The van der Waals surface area contributed by atoms with Crippen molar-refractivity contribution in [3.05, 3.63) is 71.3 Å². The number of hydrogen-bond donors (Lipinski definition) is 0. The SMILES string of the molecule is COc1c(F)cc(C2=CC3CCC(C2)N3C(=O)OCc2ccccc2)cc1F. The van der Waals surface area contributed by atoms with Gasteiger partial charge in [0.25, 0.3) is 0 Å². The topological polar surface area (TPSA) is 38.8 Å². The first-order chi connectivity index (χ1) is 13.6. The second kappa shape index (κ2) is 7.62. The first-order valence-corrected chi connectivity index (χ1v) is 9.30. The van der Waals surface area contributed by atoms with Crippen LogP contribution < -0.4 is 4.74 Å². The van der Waals surface area contributed by atoms with Crippen molar-refractivity contribution in [3.8, 4) is 5.75 Å². The van der Waals surface area contributed by atoms with Gasteiger partial charge >= 0.3 is 6.09 Å². The third-order valence-corrected chi connectivity index (χ3v) is 5.38. The fraction of sp³-hybridized carbons (Fsp3) is 0.318. The van der Waals surface area contributed by atoms with Crippen LogP contribution in [0.2, 0.25) is 0 Å². The highest BCUT2D eigenvalue weighted by Gasteiger charge is 2.40. The van der Waals surface area contributed by atoms with E-state index in [2.05, 4.69) is 0 Å². The predicted molar refractivity (Wildman–Crippen MR) is 101 cm³/mol. The average molecular weight is 385 g/mol. The lowest BCUT2D eigenvalue weighted by Gasteiger charge is -2.33. The van der Waals surface area contributed by atoms with Gasteiger partial charge in [0.05, 0.1) is 13.2 Å². The van der Waals surface area contributed by atoms with Gasteiger partial charge in [-0.25, -0.2) is 13.6 Å². The van der Waals surface area contributed by atoms with Crippen molar-refractivity contribution in [3.63, 3.8) is 0 Å². The van der Waals surface area contributed by atoms with Crippen LogP contribution in [-0.4, -0.2) is 30.2 Å². The molecule has 6 heteroatoms. The number of fused-ring (bicyclic) bond motifs is 2. The molecule has 2 aromatic carbocycles. The number of hydrogen-bond acceptors (Lipinski definition) is 3. The van der Waals surface area contributed by atoms with Gasteiger partial charge < -0.3 is 9.47 Å². The smallest absolute Gasteiger partial charge is 0.410 e. The highest BCUT2D eigenvalue weighted by atomic mass is 19.1. The molecule has 2 aromatic rings. The zero-order valence-electron chi connectivity index (χ0n) is 15.5. The fourth-order valence-electron chi connectivity index (χ4n) is 4.06. The monoisotopic (exact) mass is 385 g/mol. The number of benzene rings is 2. The molecule has 146 valence electrons. The van der Waals surface area contributed by atoms with Gasteiger partial charge in [-0.3, -0.25) is 4.90 Å². The van der Waals surface area contributed by atoms with Crippen molar-refractivity contribution in [1.82, 2.24) is 4.90 Å². The summed E-state index contributed by atoms with van der Waals surface area (Å²) in [6.45, 7) is 0.223. The summed E-state index contributed by atoms with van der Waals surface area (Å²) in [4.78, 5) is 14.4.